The van der Waals surface area contributed by atoms with E-state index in [4.69, 9.17) is 9.73 Å². The number of aliphatic imine (C=N–C) groups is 1. The molecule has 3 aliphatic rings. The van der Waals surface area contributed by atoms with Crippen molar-refractivity contribution in [1.82, 2.24) is 4.98 Å². The summed E-state index contributed by atoms with van der Waals surface area (Å²) in [6.45, 7) is 7.55. The number of hydrogen-bond acceptors (Lipinski definition) is 5. The molecule has 0 bridgehead atoms. The van der Waals surface area contributed by atoms with E-state index in [-0.39, 0.29) is 5.41 Å². The van der Waals surface area contributed by atoms with E-state index in [1.807, 2.05) is 12.4 Å². The summed E-state index contributed by atoms with van der Waals surface area (Å²) in [6, 6.07) is 23.7. The minimum atomic E-state index is -0.732. The van der Waals surface area contributed by atoms with Gasteiger partial charge in [0, 0.05) is 54.2 Å². The maximum absolute atomic E-state index is 7.24. The van der Waals surface area contributed by atoms with Crippen LogP contribution in [0.5, 0.6) is 5.75 Å². The number of pyridine rings is 1. The van der Waals surface area contributed by atoms with E-state index >= 15 is 0 Å². The SMILES string of the molecule is CC1(C)c2ccccc2N(CCc2ccccc2)C12C=Nc1cc(N3CCCC3)c3cnccc3c1O2. The summed E-state index contributed by atoms with van der Waals surface area (Å²) in [6.07, 6.45) is 9.30. The van der Waals surface area contributed by atoms with Crippen molar-refractivity contribution in [3.8, 4) is 5.75 Å². The first kappa shape index (κ1) is 22.3. The van der Waals surface area contributed by atoms with Crippen LogP contribution < -0.4 is 14.5 Å². The molecule has 0 saturated carbocycles. The second-order valence-corrected chi connectivity index (χ2v) is 10.9. The van der Waals surface area contributed by atoms with Crippen LogP contribution in [0.4, 0.5) is 17.1 Å². The van der Waals surface area contributed by atoms with Crippen LogP contribution in [-0.2, 0) is 11.8 Å². The lowest BCUT2D eigenvalue weighted by Crippen LogP contribution is -2.62. The molecule has 4 heterocycles. The van der Waals surface area contributed by atoms with E-state index in [2.05, 4.69) is 102 Å². The molecule has 0 radical (unpaired) electrons. The molecule has 186 valence electrons. The monoisotopic (exact) mass is 488 g/mol. The van der Waals surface area contributed by atoms with Crippen molar-refractivity contribution in [1.29, 1.82) is 0 Å². The molecule has 37 heavy (non-hydrogen) atoms. The summed E-state index contributed by atoms with van der Waals surface area (Å²) in [5.74, 6) is 0.855. The first-order valence-electron chi connectivity index (χ1n) is 13.4. The fourth-order valence-corrected chi connectivity index (χ4v) is 6.50. The van der Waals surface area contributed by atoms with Gasteiger partial charge in [-0.1, -0.05) is 48.5 Å². The molecule has 1 fully saturated rings. The van der Waals surface area contributed by atoms with Gasteiger partial charge in [0.1, 0.15) is 5.69 Å². The van der Waals surface area contributed by atoms with Crippen molar-refractivity contribution < 1.29 is 4.74 Å². The topological polar surface area (TPSA) is 41.0 Å². The highest BCUT2D eigenvalue weighted by molar-refractivity contribution is 6.04. The van der Waals surface area contributed by atoms with Gasteiger partial charge in [-0.25, -0.2) is 0 Å². The average molecular weight is 489 g/mol. The average Bonchev–Trinajstić information content (AvgIpc) is 3.53. The predicted octanol–water partition coefficient (Wildman–Crippen LogP) is 6.67. The number of anilines is 2. The van der Waals surface area contributed by atoms with Gasteiger partial charge in [0.25, 0.3) is 0 Å². The Bertz CT molecular complexity index is 1510. The zero-order valence-corrected chi connectivity index (χ0v) is 21.5. The molecule has 0 aliphatic carbocycles. The third kappa shape index (κ3) is 3.29. The summed E-state index contributed by atoms with van der Waals surface area (Å²) in [4.78, 5) is 14.5. The van der Waals surface area contributed by atoms with Gasteiger partial charge in [0.15, 0.2) is 5.75 Å². The van der Waals surface area contributed by atoms with Crippen molar-refractivity contribution in [2.45, 2.75) is 44.2 Å². The van der Waals surface area contributed by atoms with Crippen LogP contribution in [0.15, 0.2) is 84.1 Å². The van der Waals surface area contributed by atoms with Crippen LogP contribution in [0.3, 0.4) is 0 Å². The third-order valence-corrected chi connectivity index (χ3v) is 8.56. The number of benzene rings is 3. The lowest BCUT2D eigenvalue weighted by Gasteiger charge is -2.46. The Hall–Kier alpha value is -3.86. The highest BCUT2D eigenvalue weighted by atomic mass is 16.5. The van der Waals surface area contributed by atoms with Crippen molar-refractivity contribution in [3.63, 3.8) is 0 Å². The second kappa shape index (κ2) is 8.34. The molecule has 0 amide bonds. The molecule has 1 atom stereocenters. The van der Waals surface area contributed by atoms with Gasteiger partial charge >= 0.3 is 0 Å². The Morgan fingerprint density at radius 3 is 2.51 bits per heavy atom. The summed E-state index contributed by atoms with van der Waals surface area (Å²) >= 11 is 0. The minimum Gasteiger partial charge on any atom is -0.459 e. The number of hydrogen-bond donors (Lipinski definition) is 0. The molecule has 1 saturated heterocycles. The van der Waals surface area contributed by atoms with Crippen molar-refractivity contribution >= 4 is 34.0 Å². The molecule has 1 unspecified atom stereocenters. The van der Waals surface area contributed by atoms with Crippen molar-refractivity contribution in [3.05, 3.63) is 90.3 Å². The van der Waals surface area contributed by atoms with Gasteiger partial charge in [-0.2, -0.15) is 0 Å². The second-order valence-electron chi connectivity index (χ2n) is 10.9. The van der Waals surface area contributed by atoms with Crippen LogP contribution in [0.25, 0.3) is 10.8 Å². The lowest BCUT2D eigenvalue weighted by molar-refractivity contribution is 0.0795. The van der Waals surface area contributed by atoms with E-state index in [0.717, 1.165) is 48.3 Å². The summed E-state index contributed by atoms with van der Waals surface area (Å²) in [5.41, 5.74) is 4.90. The van der Waals surface area contributed by atoms with E-state index in [9.17, 15) is 0 Å². The van der Waals surface area contributed by atoms with Gasteiger partial charge < -0.3 is 14.5 Å². The Labute approximate surface area is 218 Å². The molecule has 5 heteroatoms. The van der Waals surface area contributed by atoms with Crippen LogP contribution in [0.2, 0.25) is 0 Å². The van der Waals surface area contributed by atoms with Crippen LogP contribution in [0.1, 0.15) is 37.8 Å². The fraction of sp³-hybridized carbons (Fsp3) is 0.312. The maximum atomic E-state index is 7.24. The highest BCUT2D eigenvalue weighted by Gasteiger charge is 2.59. The standard InChI is InChI=1S/C32H32N4O/c1-31(2)26-12-6-7-13-28(26)36(19-15-23-10-4-3-5-11-23)32(31)22-34-27-20-29(35-17-8-9-18-35)25-21-33-16-14-24(25)30(27)37-32/h3-7,10-14,16,20-22H,8-9,15,17-19H2,1-2H3. The van der Waals surface area contributed by atoms with Gasteiger partial charge in [-0.3, -0.25) is 9.98 Å². The van der Waals surface area contributed by atoms with E-state index in [1.165, 1.54) is 35.3 Å². The Kier molecular flexibility index (Phi) is 5.04. The number of fused-ring (bicyclic) bond motifs is 4. The normalized spacial score (nSPS) is 21.4. The van der Waals surface area contributed by atoms with E-state index in [0.29, 0.717) is 0 Å². The Morgan fingerprint density at radius 2 is 1.68 bits per heavy atom. The number of para-hydroxylation sites is 1. The van der Waals surface area contributed by atoms with Crippen molar-refractivity contribution in [2.24, 2.45) is 4.99 Å². The molecular weight excluding hydrogens is 456 g/mol. The van der Waals surface area contributed by atoms with Gasteiger partial charge in [0.2, 0.25) is 5.72 Å². The molecule has 3 aliphatic heterocycles. The molecule has 5 nitrogen and oxygen atoms in total. The van der Waals surface area contributed by atoms with Crippen LogP contribution in [0, 0.1) is 0 Å². The van der Waals surface area contributed by atoms with Gasteiger partial charge in [-0.05, 0) is 62.4 Å². The summed E-state index contributed by atoms with van der Waals surface area (Å²) in [5, 5.41) is 2.22. The largest absolute Gasteiger partial charge is 0.459 e. The highest BCUT2D eigenvalue weighted by Crippen LogP contribution is 2.55. The van der Waals surface area contributed by atoms with Gasteiger partial charge in [-0.15, -0.1) is 0 Å². The first-order valence-corrected chi connectivity index (χ1v) is 13.4. The Balaban J connectivity index is 1.37. The quantitative estimate of drug-likeness (QED) is 0.322. The fourth-order valence-electron chi connectivity index (χ4n) is 6.50. The summed E-state index contributed by atoms with van der Waals surface area (Å²) in [7, 11) is 0. The zero-order valence-electron chi connectivity index (χ0n) is 21.5. The minimum absolute atomic E-state index is 0.311. The smallest absolute Gasteiger partial charge is 0.228 e. The maximum Gasteiger partial charge on any atom is 0.228 e. The number of ether oxygens (including phenoxy) is 1. The lowest BCUT2D eigenvalue weighted by atomic mass is 9.77. The zero-order chi connectivity index (χ0) is 25.0. The van der Waals surface area contributed by atoms with Gasteiger partial charge in [0.05, 0.1) is 11.6 Å². The van der Waals surface area contributed by atoms with Crippen molar-refractivity contribution in [2.75, 3.05) is 29.4 Å². The molecular formula is C32H32N4O. The van der Waals surface area contributed by atoms with Crippen LogP contribution >= 0.6 is 0 Å². The number of aromatic nitrogens is 1. The number of nitrogens with zero attached hydrogens (tertiary/aromatic N) is 4. The molecule has 4 aromatic rings. The van der Waals surface area contributed by atoms with E-state index in [1.54, 1.807) is 0 Å². The molecule has 3 aromatic carbocycles. The molecule has 0 N–H and O–H groups in total. The third-order valence-electron chi connectivity index (χ3n) is 8.56. The predicted molar refractivity (Wildman–Crippen MR) is 152 cm³/mol. The molecule has 7 rings (SSSR count). The van der Waals surface area contributed by atoms with Crippen LogP contribution in [-0.4, -0.2) is 36.6 Å². The number of rotatable bonds is 4. The molecule has 1 spiro atoms. The molecule has 1 aromatic heterocycles. The summed E-state index contributed by atoms with van der Waals surface area (Å²) < 4.78 is 7.24. The van der Waals surface area contributed by atoms with E-state index < -0.39 is 5.72 Å². The Morgan fingerprint density at radius 1 is 0.892 bits per heavy atom. The first-order chi connectivity index (χ1) is 18.1.